The smallest absolute Gasteiger partial charge is 0.0642 e. The van der Waals surface area contributed by atoms with Crippen LogP contribution in [0.2, 0.25) is 5.02 Å². The Morgan fingerprint density at radius 1 is 1.41 bits per heavy atom. The third-order valence-corrected chi connectivity index (χ3v) is 4.26. The lowest BCUT2D eigenvalue weighted by atomic mass is 10.1. The first-order valence-electron chi connectivity index (χ1n) is 5.70. The van der Waals surface area contributed by atoms with Crippen molar-refractivity contribution in [3.63, 3.8) is 0 Å². The number of hydrogen-bond donors (Lipinski definition) is 0. The number of hydrogen-bond acceptors (Lipinski definition) is 2. The SMILES string of the molecule is CCC(CSC)N(C)c1c(Cl)cccc1CCl. The van der Waals surface area contributed by atoms with Gasteiger partial charge < -0.3 is 4.90 Å². The van der Waals surface area contributed by atoms with Crippen LogP contribution >= 0.6 is 35.0 Å². The second kappa shape index (κ2) is 7.40. The third kappa shape index (κ3) is 3.70. The molecule has 1 aromatic rings. The van der Waals surface area contributed by atoms with Crippen molar-refractivity contribution in [1.82, 2.24) is 0 Å². The van der Waals surface area contributed by atoms with Gasteiger partial charge in [-0.05, 0) is 24.3 Å². The lowest BCUT2D eigenvalue weighted by Crippen LogP contribution is -2.34. The van der Waals surface area contributed by atoms with E-state index in [-0.39, 0.29) is 0 Å². The molecule has 4 heteroatoms. The van der Waals surface area contributed by atoms with Crippen LogP contribution in [0.25, 0.3) is 0 Å². The molecule has 1 atom stereocenters. The molecule has 0 saturated heterocycles. The maximum atomic E-state index is 6.30. The Labute approximate surface area is 118 Å². The summed E-state index contributed by atoms with van der Waals surface area (Å²) >= 11 is 14.1. The Balaban J connectivity index is 3.04. The molecule has 1 rings (SSSR count). The average molecular weight is 292 g/mol. The molecule has 0 aliphatic heterocycles. The van der Waals surface area contributed by atoms with E-state index in [0.717, 1.165) is 28.4 Å². The highest BCUT2D eigenvalue weighted by atomic mass is 35.5. The van der Waals surface area contributed by atoms with E-state index < -0.39 is 0 Å². The predicted octanol–water partition coefficient (Wildman–Crippen LogP) is 4.66. The summed E-state index contributed by atoms with van der Waals surface area (Å²) in [7, 11) is 2.10. The number of thioether (sulfide) groups is 1. The Hall–Kier alpha value is -0.0500. The van der Waals surface area contributed by atoms with Gasteiger partial charge in [-0.2, -0.15) is 11.8 Å². The minimum Gasteiger partial charge on any atom is -0.369 e. The highest BCUT2D eigenvalue weighted by Gasteiger charge is 2.17. The van der Waals surface area contributed by atoms with E-state index in [1.54, 1.807) is 0 Å². The lowest BCUT2D eigenvalue weighted by Gasteiger charge is -2.31. The molecule has 1 unspecified atom stereocenters. The zero-order valence-corrected chi connectivity index (χ0v) is 12.9. The van der Waals surface area contributed by atoms with Gasteiger partial charge in [0.25, 0.3) is 0 Å². The van der Waals surface area contributed by atoms with Gasteiger partial charge in [0, 0.05) is 24.7 Å². The zero-order valence-electron chi connectivity index (χ0n) is 10.5. The fourth-order valence-corrected chi connectivity index (χ4v) is 3.33. The Morgan fingerprint density at radius 2 is 2.12 bits per heavy atom. The number of benzene rings is 1. The maximum absolute atomic E-state index is 6.30. The number of halogens is 2. The van der Waals surface area contributed by atoms with Crippen molar-refractivity contribution in [2.75, 3.05) is 24.0 Å². The minimum atomic E-state index is 0.492. The molecule has 96 valence electrons. The Morgan fingerprint density at radius 3 is 2.65 bits per heavy atom. The molecule has 1 aromatic carbocycles. The third-order valence-electron chi connectivity index (χ3n) is 2.95. The van der Waals surface area contributed by atoms with Gasteiger partial charge in [0.2, 0.25) is 0 Å². The minimum absolute atomic E-state index is 0.492. The maximum Gasteiger partial charge on any atom is 0.0642 e. The average Bonchev–Trinajstić information content (AvgIpc) is 2.34. The molecule has 0 N–H and O–H groups in total. The van der Waals surface area contributed by atoms with Crippen LogP contribution in [-0.4, -0.2) is 25.1 Å². The van der Waals surface area contributed by atoms with Gasteiger partial charge in [-0.1, -0.05) is 30.7 Å². The summed E-state index contributed by atoms with van der Waals surface area (Å²) in [4.78, 5) is 2.26. The van der Waals surface area contributed by atoms with Crippen LogP contribution in [0.3, 0.4) is 0 Å². The second-order valence-corrected chi connectivity index (χ2v) is 5.59. The highest BCUT2D eigenvalue weighted by molar-refractivity contribution is 7.98. The van der Waals surface area contributed by atoms with Crippen LogP contribution in [0.1, 0.15) is 18.9 Å². The van der Waals surface area contributed by atoms with Crippen LogP contribution in [-0.2, 0) is 5.88 Å². The monoisotopic (exact) mass is 291 g/mol. The first-order valence-corrected chi connectivity index (χ1v) is 8.01. The summed E-state index contributed by atoms with van der Waals surface area (Å²) in [6.45, 7) is 2.20. The van der Waals surface area contributed by atoms with Gasteiger partial charge in [-0.3, -0.25) is 0 Å². The topological polar surface area (TPSA) is 3.24 Å². The van der Waals surface area contributed by atoms with E-state index in [9.17, 15) is 0 Å². The van der Waals surface area contributed by atoms with E-state index in [1.165, 1.54) is 0 Å². The van der Waals surface area contributed by atoms with Gasteiger partial charge in [-0.15, -0.1) is 11.6 Å². The molecular formula is C13H19Cl2NS. The molecule has 0 aliphatic carbocycles. The fourth-order valence-electron chi connectivity index (χ4n) is 1.94. The van der Waals surface area contributed by atoms with E-state index in [0.29, 0.717) is 11.9 Å². The Bertz CT molecular complexity index is 357. The molecule has 0 aromatic heterocycles. The first-order chi connectivity index (χ1) is 8.15. The quantitative estimate of drug-likeness (QED) is 0.702. The fraction of sp³-hybridized carbons (Fsp3) is 0.538. The van der Waals surface area contributed by atoms with Gasteiger partial charge in [-0.25, -0.2) is 0 Å². The molecule has 17 heavy (non-hydrogen) atoms. The first kappa shape index (κ1) is 15.0. The van der Waals surface area contributed by atoms with E-state index in [1.807, 2.05) is 30.0 Å². The van der Waals surface area contributed by atoms with Crippen LogP contribution < -0.4 is 4.90 Å². The van der Waals surface area contributed by atoms with E-state index >= 15 is 0 Å². The number of rotatable bonds is 6. The van der Waals surface area contributed by atoms with Crippen molar-refractivity contribution in [3.8, 4) is 0 Å². The van der Waals surface area contributed by atoms with Gasteiger partial charge >= 0.3 is 0 Å². The normalized spacial score (nSPS) is 12.5. The summed E-state index contributed by atoms with van der Waals surface area (Å²) in [5.74, 6) is 1.59. The number of nitrogens with zero attached hydrogens (tertiary/aromatic N) is 1. The van der Waals surface area contributed by atoms with Crippen LogP contribution in [0.5, 0.6) is 0 Å². The lowest BCUT2D eigenvalue weighted by molar-refractivity contribution is 0.671. The van der Waals surface area contributed by atoms with E-state index in [4.69, 9.17) is 23.2 Å². The summed E-state index contributed by atoms with van der Waals surface area (Å²) < 4.78 is 0. The molecule has 1 nitrogen and oxygen atoms in total. The summed E-state index contributed by atoms with van der Waals surface area (Å²) in [6, 6.07) is 6.41. The number of alkyl halides is 1. The predicted molar refractivity (Wildman–Crippen MR) is 81.9 cm³/mol. The Kier molecular flexibility index (Phi) is 6.53. The molecule has 0 spiro atoms. The highest BCUT2D eigenvalue weighted by Crippen LogP contribution is 2.32. The molecule has 0 fully saturated rings. The van der Waals surface area contributed by atoms with Gasteiger partial charge in [0.05, 0.1) is 10.7 Å². The second-order valence-electron chi connectivity index (χ2n) is 4.01. The zero-order chi connectivity index (χ0) is 12.8. The van der Waals surface area contributed by atoms with Crippen molar-refractivity contribution in [2.45, 2.75) is 25.3 Å². The van der Waals surface area contributed by atoms with Crippen molar-refractivity contribution < 1.29 is 0 Å². The van der Waals surface area contributed by atoms with E-state index in [2.05, 4.69) is 25.1 Å². The molecule has 0 bridgehead atoms. The van der Waals surface area contributed by atoms with Crippen molar-refractivity contribution >= 4 is 40.7 Å². The molecule has 0 radical (unpaired) electrons. The largest absolute Gasteiger partial charge is 0.369 e. The van der Waals surface area contributed by atoms with Crippen molar-refractivity contribution in [3.05, 3.63) is 28.8 Å². The van der Waals surface area contributed by atoms with Crippen molar-refractivity contribution in [2.24, 2.45) is 0 Å². The van der Waals surface area contributed by atoms with Gasteiger partial charge in [0.1, 0.15) is 0 Å². The number of para-hydroxylation sites is 1. The molecule has 0 saturated carbocycles. The summed E-state index contributed by atoms with van der Waals surface area (Å²) in [6.07, 6.45) is 3.23. The van der Waals surface area contributed by atoms with Gasteiger partial charge in [0.15, 0.2) is 0 Å². The van der Waals surface area contributed by atoms with Crippen LogP contribution in [0.15, 0.2) is 18.2 Å². The molecule has 0 aliphatic rings. The molecule has 0 heterocycles. The molecular weight excluding hydrogens is 273 g/mol. The van der Waals surface area contributed by atoms with Crippen LogP contribution in [0, 0.1) is 0 Å². The van der Waals surface area contributed by atoms with Crippen LogP contribution in [0.4, 0.5) is 5.69 Å². The number of anilines is 1. The summed E-state index contributed by atoms with van der Waals surface area (Å²) in [5.41, 5.74) is 2.17. The van der Waals surface area contributed by atoms with Crippen molar-refractivity contribution in [1.29, 1.82) is 0 Å². The molecule has 0 amide bonds. The summed E-state index contributed by atoms with van der Waals surface area (Å²) in [5, 5.41) is 0.783. The standard InChI is InChI=1S/C13H19Cl2NS/c1-4-11(9-17-3)16(2)13-10(8-14)6-5-7-12(13)15/h5-7,11H,4,8-9H2,1-3H3.